The molecule has 1 aromatic carbocycles. The molecule has 2 amide bonds. The number of carbonyl (C=O) groups excluding carboxylic acids is 2. The van der Waals surface area contributed by atoms with Gasteiger partial charge in [-0.2, -0.15) is 3.97 Å². The molecule has 0 aliphatic carbocycles. The maximum absolute atomic E-state index is 12.9. The quantitative estimate of drug-likeness (QED) is 0.296. The van der Waals surface area contributed by atoms with Crippen molar-refractivity contribution in [1.82, 2.24) is 19.3 Å². The van der Waals surface area contributed by atoms with E-state index in [0.717, 1.165) is 16.7 Å². The molecule has 0 aliphatic heterocycles. The van der Waals surface area contributed by atoms with E-state index in [4.69, 9.17) is 9.47 Å². The molecule has 0 saturated heterocycles. The number of benzene rings is 1. The second-order valence-corrected chi connectivity index (χ2v) is 9.99. The lowest BCUT2D eigenvalue weighted by Gasteiger charge is -2.16. The highest BCUT2D eigenvalue weighted by Gasteiger charge is 2.23. The van der Waals surface area contributed by atoms with Crippen LogP contribution in [-0.2, 0) is 20.9 Å². The molecule has 4 rings (SSSR count). The Morgan fingerprint density at radius 3 is 2.68 bits per heavy atom. The van der Waals surface area contributed by atoms with Gasteiger partial charge in [-0.3, -0.25) is 9.59 Å². The number of ether oxygens (including phenoxy) is 2. The average molecular weight is 540 g/mol. The van der Waals surface area contributed by atoms with Crippen molar-refractivity contribution in [3.8, 4) is 28.3 Å². The third-order valence-corrected chi connectivity index (χ3v) is 6.93. The summed E-state index contributed by atoms with van der Waals surface area (Å²) in [6, 6.07) is 12.2. The van der Waals surface area contributed by atoms with Crippen molar-refractivity contribution in [1.29, 1.82) is 0 Å². The fourth-order valence-corrected chi connectivity index (χ4v) is 4.69. The van der Waals surface area contributed by atoms with Gasteiger partial charge in [0, 0.05) is 30.3 Å². The number of thiazole rings is 1. The maximum atomic E-state index is 12.9. The van der Waals surface area contributed by atoms with Gasteiger partial charge >= 0.3 is 0 Å². The van der Waals surface area contributed by atoms with Crippen LogP contribution in [0.15, 0.2) is 66.4 Å². The molecule has 12 heteroatoms. The molecule has 3 aromatic heterocycles. The SMILES string of the molecule is COC[C@@H](NC(=O)c1ccn([S+](C)[O-])c1)C(=O)Nc1nc(-c2cccc(-c3ccnc(OC)c3)c2)cs1. The highest BCUT2D eigenvalue weighted by molar-refractivity contribution is 7.89. The minimum absolute atomic E-state index is 0.0341. The Morgan fingerprint density at radius 2 is 1.95 bits per heavy atom. The van der Waals surface area contributed by atoms with Gasteiger partial charge in [-0.05, 0) is 29.3 Å². The Kier molecular flexibility index (Phi) is 8.56. The molecule has 0 spiro atoms. The van der Waals surface area contributed by atoms with Gasteiger partial charge in [-0.25, -0.2) is 9.97 Å². The fourth-order valence-electron chi connectivity index (χ4n) is 3.48. The second kappa shape index (κ2) is 12.0. The van der Waals surface area contributed by atoms with E-state index in [1.54, 1.807) is 13.3 Å². The fraction of sp³-hybridized carbons (Fsp3) is 0.200. The number of anilines is 1. The molecule has 10 nitrogen and oxygen atoms in total. The van der Waals surface area contributed by atoms with E-state index < -0.39 is 29.2 Å². The highest BCUT2D eigenvalue weighted by atomic mass is 32.2. The number of amides is 2. The van der Waals surface area contributed by atoms with Crippen LogP contribution in [-0.4, -0.2) is 63.4 Å². The van der Waals surface area contributed by atoms with Gasteiger partial charge in [0.15, 0.2) is 5.13 Å². The predicted molar refractivity (Wildman–Crippen MR) is 143 cm³/mol. The summed E-state index contributed by atoms with van der Waals surface area (Å²) in [6.07, 6.45) is 6.18. The number of hydrogen-bond acceptors (Lipinski definition) is 8. The normalized spacial score (nSPS) is 12.5. The average Bonchev–Trinajstić information content (AvgIpc) is 3.59. The zero-order chi connectivity index (χ0) is 26.4. The smallest absolute Gasteiger partial charge is 0.253 e. The molecule has 0 bridgehead atoms. The van der Waals surface area contributed by atoms with Crippen molar-refractivity contribution in [3.63, 3.8) is 0 Å². The summed E-state index contributed by atoms with van der Waals surface area (Å²) in [5, 5.41) is 7.64. The first-order valence-electron chi connectivity index (χ1n) is 11.1. The minimum atomic E-state index is -1.29. The lowest BCUT2D eigenvalue weighted by molar-refractivity contribution is -0.119. The molecule has 192 valence electrons. The third kappa shape index (κ3) is 6.54. The zero-order valence-electron chi connectivity index (χ0n) is 20.3. The van der Waals surface area contributed by atoms with E-state index in [2.05, 4.69) is 20.6 Å². The Morgan fingerprint density at radius 1 is 1.16 bits per heavy atom. The Hall–Kier alpha value is -3.71. The highest BCUT2D eigenvalue weighted by Crippen LogP contribution is 2.29. The van der Waals surface area contributed by atoms with Crippen molar-refractivity contribution in [2.24, 2.45) is 0 Å². The number of nitrogens with one attached hydrogen (secondary N) is 2. The van der Waals surface area contributed by atoms with E-state index in [0.29, 0.717) is 16.7 Å². The van der Waals surface area contributed by atoms with Crippen molar-refractivity contribution in [3.05, 3.63) is 72.0 Å². The van der Waals surface area contributed by atoms with Gasteiger partial charge in [-0.1, -0.05) is 18.2 Å². The Labute approximate surface area is 221 Å². The van der Waals surface area contributed by atoms with E-state index >= 15 is 0 Å². The molecule has 0 aliphatic rings. The van der Waals surface area contributed by atoms with E-state index in [1.165, 1.54) is 47.1 Å². The van der Waals surface area contributed by atoms with Gasteiger partial charge in [-0.15, -0.1) is 11.3 Å². The topological polar surface area (TPSA) is 130 Å². The first-order chi connectivity index (χ1) is 17.9. The summed E-state index contributed by atoms with van der Waals surface area (Å²) in [7, 11) is 3.01. The second-order valence-electron chi connectivity index (χ2n) is 7.86. The Balaban J connectivity index is 1.45. The third-order valence-electron chi connectivity index (χ3n) is 5.35. The summed E-state index contributed by atoms with van der Waals surface area (Å²) in [6.45, 7) is -0.0341. The van der Waals surface area contributed by atoms with Crippen molar-refractivity contribution >= 4 is 39.6 Å². The van der Waals surface area contributed by atoms with Crippen LogP contribution in [0, 0.1) is 0 Å². The predicted octanol–water partition coefficient (Wildman–Crippen LogP) is 3.21. The number of hydrogen-bond donors (Lipinski definition) is 2. The number of aromatic nitrogens is 3. The molecule has 37 heavy (non-hydrogen) atoms. The number of nitrogens with zero attached hydrogens (tertiary/aromatic N) is 3. The summed E-state index contributed by atoms with van der Waals surface area (Å²) in [4.78, 5) is 34.2. The number of methoxy groups -OCH3 is 2. The monoisotopic (exact) mass is 539 g/mol. The molecular weight excluding hydrogens is 514 g/mol. The van der Waals surface area contributed by atoms with E-state index in [9.17, 15) is 14.1 Å². The largest absolute Gasteiger partial charge is 0.593 e. The molecule has 0 radical (unpaired) electrons. The zero-order valence-corrected chi connectivity index (χ0v) is 22.0. The van der Waals surface area contributed by atoms with Crippen molar-refractivity contribution in [2.75, 3.05) is 32.4 Å². The minimum Gasteiger partial charge on any atom is -0.593 e. The molecule has 0 fully saturated rings. The number of rotatable bonds is 10. The van der Waals surface area contributed by atoms with Crippen LogP contribution in [0.25, 0.3) is 22.4 Å². The molecule has 0 saturated carbocycles. The molecule has 2 atom stereocenters. The summed E-state index contributed by atoms with van der Waals surface area (Å²) in [5.74, 6) is -0.421. The first-order valence-corrected chi connectivity index (χ1v) is 13.5. The van der Waals surface area contributed by atoms with Gasteiger partial charge in [0.1, 0.15) is 12.3 Å². The number of carbonyl (C=O) groups is 2. The standard InChI is InChI=1S/C25H25N5O5S2/c1-34-14-20(27-23(31)19-8-10-30(13-19)37(3)33)24(32)29-25-28-21(15-36-25)18-6-4-5-16(11-18)17-7-9-26-22(12-17)35-2/h4-13,15,20H,14H2,1-3H3,(H,27,31)(H,28,29,32)/t20-,37?/m1/s1. The van der Waals surface area contributed by atoms with Crippen LogP contribution in [0.2, 0.25) is 0 Å². The van der Waals surface area contributed by atoms with Crippen LogP contribution < -0.4 is 15.4 Å². The Bertz CT molecular complexity index is 1390. The maximum Gasteiger partial charge on any atom is 0.253 e. The van der Waals surface area contributed by atoms with Gasteiger partial charge in [0.2, 0.25) is 5.88 Å². The molecule has 2 N–H and O–H groups in total. The van der Waals surface area contributed by atoms with Crippen LogP contribution >= 0.6 is 11.3 Å². The molecular formula is C25H25N5O5S2. The van der Waals surface area contributed by atoms with Crippen LogP contribution in [0.4, 0.5) is 5.13 Å². The number of pyridine rings is 1. The van der Waals surface area contributed by atoms with E-state index in [-0.39, 0.29) is 12.2 Å². The lowest BCUT2D eigenvalue weighted by Crippen LogP contribution is -2.46. The first kappa shape index (κ1) is 26.4. The molecule has 3 heterocycles. The summed E-state index contributed by atoms with van der Waals surface area (Å²) < 4.78 is 23.3. The molecule has 4 aromatic rings. The van der Waals surface area contributed by atoms with Crippen LogP contribution in [0.1, 0.15) is 10.4 Å². The summed E-state index contributed by atoms with van der Waals surface area (Å²) in [5.41, 5.74) is 3.79. The van der Waals surface area contributed by atoms with Crippen LogP contribution in [0.5, 0.6) is 5.88 Å². The van der Waals surface area contributed by atoms with E-state index in [1.807, 2.05) is 41.8 Å². The van der Waals surface area contributed by atoms with Gasteiger partial charge in [0.05, 0.1) is 48.7 Å². The van der Waals surface area contributed by atoms with Crippen molar-refractivity contribution < 1.29 is 23.6 Å². The van der Waals surface area contributed by atoms with Crippen LogP contribution in [0.3, 0.4) is 0 Å². The molecule has 1 unspecified atom stereocenters. The van der Waals surface area contributed by atoms with Gasteiger partial charge < -0.3 is 24.7 Å². The summed E-state index contributed by atoms with van der Waals surface area (Å²) >= 11 is -0.0124. The van der Waals surface area contributed by atoms with Crippen molar-refractivity contribution in [2.45, 2.75) is 6.04 Å². The van der Waals surface area contributed by atoms with Gasteiger partial charge in [0.25, 0.3) is 11.8 Å². The lowest BCUT2D eigenvalue weighted by atomic mass is 10.0.